The SMILES string of the molecule is Cc1nc2ncnn2c(C)c1CC(=O)O[C@H](C)C(=O)NCCc1ccccc1. The number of aromatic nitrogens is 4. The van der Waals surface area contributed by atoms with Crippen molar-refractivity contribution in [3.05, 3.63) is 59.2 Å². The summed E-state index contributed by atoms with van der Waals surface area (Å²) in [5.74, 6) is -0.320. The third-order valence-electron chi connectivity index (χ3n) is 4.54. The Bertz CT molecular complexity index is 984. The number of fused-ring (bicyclic) bond motifs is 1. The number of hydrogen-bond donors (Lipinski definition) is 1. The maximum absolute atomic E-state index is 12.3. The molecule has 28 heavy (non-hydrogen) atoms. The Morgan fingerprint density at radius 1 is 1.21 bits per heavy atom. The zero-order valence-electron chi connectivity index (χ0n) is 16.2. The van der Waals surface area contributed by atoms with Crippen molar-refractivity contribution in [3.8, 4) is 0 Å². The van der Waals surface area contributed by atoms with Gasteiger partial charge in [-0.1, -0.05) is 30.3 Å². The van der Waals surface area contributed by atoms with E-state index >= 15 is 0 Å². The summed E-state index contributed by atoms with van der Waals surface area (Å²) in [7, 11) is 0. The van der Waals surface area contributed by atoms with Crippen molar-refractivity contribution in [2.45, 2.75) is 39.7 Å². The first-order valence-electron chi connectivity index (χ1n) is 9.12. The van der Waals surface area contributed by atoms with E-state index in [0.717, 1.165) is 23.2 Å². The van der Waals surface area contributed by atoms with Crippen LogP contribution in [0.25, 0.3) is 5.78 Å². The molecule has 0 saturated carbocycles. The number of carbonyl (C=O) groups is 2. The standard InChI is InChI=1S/C20H23N5O3/c1-13-17(14(2)25-20(24-13)22-12-23-25)11-18(26)28-15(3)19(27)21-10-9-16-7-5-4-6-8-16/h4-8,12,15H,9-11H2,1-3H3,(H,21,27)/t15-/m1/s1. The van der Waals surface area contributed by atoms with Crippen LogP contribution in [-0.2, 0) is 27.2 Å². The summed E-state index contributed by atoms with van der Waals surface area (Å²) in [5, 5.41) is 6.89. The van der Waals surface area contributed by atoms with Gasteiger partial charge in [0.05, 0.1) is 6.42 Å². The number of carbonyl (C=O) groups excluding carboxylic acids is 2. The number of nitrogens with one attached hydrogen (secondary N) is 1. The molecule has 0 aliphatic heterocycles. The third kappa shape index (κ3) is 4.51. The predicted molar refractivity (Wildman–Crippen MR) is 103 cm³/mol. The van der Waals surface area contributed by atoms with Gasteiger partial charge in [-0.25, -0.2) is 9.50 Å². The molecule has 3 rings (SSSR count). The second-order valence-corrected chi connectivity index (χ2v) is 6.57. The van der Waals surface area contributed by atoms with Crippen LogP contribution in [0, 0.1) is 13.8 Å². The number of aryl methyl sites for hydroxylation is 2. The van der Waals surface area contributed by atoms with Crippen LogP contribution in [0.5, 0.6) is 0 Å². The van der Waals surface area contributed by atoms with Crippen LogP contribution in [0.2, 0.25) is 0 Å². The van der Waals surface area contributed by atoms with E-state index in [1.165, 1.54) is 6.33 Å². The number of ether oxygens (including phenoxy) is 1. The Morgan fingerprint density at radius 2 is 1.96 bits per heavy atom. The molecule has 8 heteroatoms. The molecule has 3 aromatic rings. The molecule has 0 radical (unpaired) electrons. The molecule has 1 atom stereocenters. The van der Waals surface area contributed by atoms with Gasteiger partial charge in [0.1, 0.15) is 6.33 Å². The molecule has 2 aromatic heterocycles. The average Bonchev–Trinajstić information content (AvgIpc) is 3.14. The average molecular weight is 381 g/mol. The lowest BCUT2D eigenvalue weighted by Crippen LogP contribution is -2.37. The maximum atomic E-state index is 12.3. The maximum Gasteiger partial charge on any atom is 0.311 e. The fraction of sp³-hybridized carbons (Fsp3) is 0.350. The fourth-order valence-electron chi connectivity index (χ4n) is 2.97. The van der Waals surface area contributed by atoms with Gasteiger partial charge in [0.25, 0.3) is 11.7 Å². The predicted octanol–water partition coefficient (Wildman–Crippen LogP) is 1.57. The Hall–Kier alpha value is -3.29. The Kier molecular flexibility index (Phi) is 5.98. The van der Waals surface area contributed by atoms with Gasteiger partial charge < -0.3 is 10.1 Å². The highest BCUT2D eigenvalue weighted by Gasteiger charge is 2.20. The van der Waals surface area contributed by atoms with Crippen LogP contribution in [0.1, 0.15) is 29.4 Å². The minimum atomic E-state index is -0.869. The van der Waals surface area contributed by atoms with E-state index in [4.69, 9.17) is 4.74 Å². The molecule has 146 valence electrons. The van der Waals surface area contributed by atoms with Gasteiger partial charge in [0.15, 0.2) is 6.10 Å². The topological polar surface area (TPSA) is 98.5 Å². The van der Waals surface area contributed by atoms with Crippen molar-refractivity contribution in [2.75, 3.05) is 6.54 Å². The van der Waals surface area contributed by atoms with Crippen molar-refractivity contribution in [1.82, 2.24) is 24.9 Å². The molecular formula is C20H23N5O3. The van der Waals surface area contributed by atoms with E-state index in [2.05, 4.69) is 20.4 Å². The van der Waals surface area contributed by atoms with Gasteiger partial charge in [-0.15, -0.1) is 0 Å². The number of rotatable bonds is 7. The number of amides is 1. The monoisotopic (exact) mass is 381 g/mol. The zero-order valence-corrected chi connectivity index (χ0v) is 16.2. The van der Waals surface area contributed by atoms with Crippen LogP contribution in [0.15, 0.2) is 36.7 Å². The molecule has 8 nitrogen and oxygen atoms in total. The van der Waals surface area contributed by atoms with Gasteiger partial charge in [-0.3, -0.25) is 9.59 Å². The normalized spacial score (nSPS) is 12.0. The summed E-state index contributed by atoms with van der Waals surface area (Å²) in [4.78, 5) is 32.9. The molecule has 1 amide bonds. The first kappa shape index (κ1) is 19.5. The molecular weight excluding hydrogens is 358 g/mol. The molecule has 1 N–H and O–H groups in total. The Morgan fingerprint density at radius 3 is 2.71 bits per heavy atom. The van der Waals surface area contributed by atoms with Crippen LogP contribution in [-0.4, -0.2) is 44.1 Å². The van der Waals surface area contributed by atoms with Gasteiger partial charge in [-0.2, -0.15) is 10.1 Å². The molecule has 0 aliphatic carbocycles. The lowest BCUT2D eigenvalue weighted by molar-refractivity contribution is -0.154. The van der Waals surface area contributed by atoms with Crippen molar-refractivity contribution in [3.63, 3.8) is 0 Å². The lowest BCUT2D eigenvalue weighted by Gasteiger charge is -2.15. The quantitative estimate of drug-likeness (QED) is 0.624. The van der Waals surface area contributed by atoms with E-state index in [1.807, 2.05) is 44.2 Å². The van der Waals surface area contributed by atoms with E-state index in [9.17, 15) is 9.59 Å². The second kappa shape index (κ2) is 8.60. The Labute approximate surface area is 163 Å². The van der Waals surface area contributed by atoms with Gasteiger partial charge >= 0.3 is 5.97 Å². The molecule has 0 spiro atoms. The summed E-state index contributed by atoms with van der Waals surface area (Å²) in [6, 6.07) is 9.86. The summed E-state index contributed by atoms with van der Waals surface area (Å²) < 4.78 is 6.88. The Balaban J connectivity index is 1.53. The highest BCUT2D eigenvalue weighted by molar-refractivity contribution is 5.84. The zero-order chi connectivity index (χ0) is 20.1. The fourth-order valence-corrected chi connectivity index (χ4v) is 2.97. The van der Waals surface area contributed by atoms with Gasteiger partial charge in [0.2, 0.25) is 0 Å². The number of benzene rings is 1. The molecule has 2 heterocycles. The van der Waals surface area contributed by atoms with E-state index in [1.54, 1.807) is 11.4 Å². The van der Waals surface area contributed by atoms with Crippen molar-refractivity contribution >= 4 is 17.7 Å². The summed E-state index contributed by atoms with van der Waals surface area (Å²) in [5.41, 5.74) is 3.32. The molecule has 0 saturated heterocycles. The minimum Gasteiger partial charge on any atom is -0.452 e. The van der Waals surface area contributed by atoms with Crippen LogP contribution in [0.4, 0.5) is 0 Å². The van der Waals surface area contributed by atoms with Crippen LogP contribution >= 0.6 is 0 Å². The molecule has 1 aromatic carbocycles. The van der Waals surface area contributed by atoms with Crippen LogP contribution < -0.4 is 5.32 Å². The first-order chi connectivity index (χ1) is 13.5. The van der Waals surface area contributed by atoms with E-state index in [0.29, 0.717) is 18.0 Å². The highest BCUT2D eigenvalue weighted by atomic mass is 16.5. The molecule has 0 aliphatic rings. The van der Waals surface area contributed by atoms with Gasteiger partial charge in [-0.05, 0) is 32.8 Å². The first-order valence-corrected chi connectivity index (χ1v) is 9.12. The second-order valence-electron chi connectivity index (χ2n) is 6.57. The van der Waals surface area contributed by atoms with Crippen molar-refractivity contribution in [2.24, 2.45) is 0 Å². The number of esters is 1. The molecule has 0 bridgehead atoms. The van der Waals surface area contributed by atoms with Crippen LogP contribution in [0.3, 0.4) is 0 Å². The van der Waals surface area contributed by atoms with E-state index < -0.39 is 12.1 Å². The highest BCUT2D eigenvalue weighted by Crippen LogP contribution is 2.14. The van der Waals surface area contributed by atoms with Crippen molar-refractivity contribution < 1.29 is 14.3 Å². The number of hydrogen-bond acceptors (Lipinski definition) is 6. The molecule has 0 unspecified atom stereocenters. The summed E-state index contributed by atoms with van der Waals surface area (Å²) in [6.45, 7) is 5.70. The number of nitrogens with zero attached hydrogens (tertiary/aromatic N) is 4. The summed E-state index contributed by atoms with van der Waals surface area (Å²) in [6.07, 6.45) is 1.28. The molecule has 0 fully saturated rings. The summed E-state index contributed by atoms with van der Waals surface area (Å²) >= 11 is 0. The smallest absolute Gasteiger partial charge is 0.311 e. The van der Waals surface area contributed by atoms with E-state index in [-0.39, 0.29) is 12.3 Å². The van der Waals surface area contributed by atoms with Crippen molar-refractivity contribution in [1.29, 1.82) is 0 Å². The largest absolute Gasteiger partial charge is 0.452 e. The van der Waals surface area contributed by atoms with Gasteiger partial charge in [0, 0.05) is 23.5 Å². The third-order valence-corrected chi connectivity index (χ3v) is 4.54. The minimum absolute atomic E-state index is 0.0160. The lowest BCUT2D eigenvalue weighted by atomic mass is 10.1.